The SMILES string of the molecule is CNCCc1nnc(-c2ccncc2F)o1. The van der Waals surface area contributed by atoms with Crippen LogP contribution in [0.15, 0.2) is 22.9 Å². The number of hydrogen-bond acceptors (Lipinski definition) is 5. The molecule has 2 heterocycles. The third kappa shape index (κ3) is 2.22. The van der Waals surface area contributed by atoms with Crippen LogP contribution in [-0.2, 0) is 6.42 Å². The van der Waals surface area contributed by atoms with E-state index in [0.29, 0.717) is 12.3 Å². The Morgan fingerprint density at radius 1 is 1.44 bits per heavy atom. The number of halogens is 1. The fourth-order valence-corrected chi connectivity index (χ4v) is 1.24. The van der Waals surface area contributed by atoms with Crippen LogP contribution in [0.5, 0.6) is 0 Å². The number of hydrogen-bond donors (Lipinski definition) is 1. The first-order chi connectivity index (χ1) is 7.81. The van der Waals surface area contributed by atoms with Gasteiger partial charge in [0, 0.05) is 19.2 Å². The van der Waals surface area contributed by atoms with Gasteiger partial charge in [-0.15, -0.1) is 10.2 Å². The van der Waals surface area contributed by atoms with Gasteiger partial charge in [-0.05, 0) is 13.1 Å². The molecule has 2 aromatic heterocycles. The maximum atomic E-state index is 13.3. The van der Waals surface area contributed by atoms with Gasteiger partial charge in [-0.1, -0.05) is 0 Å². The van der Waals surface area contributed by atoms with E-state index in [-0.39, 0.29) is 11.5 Å². The highest BCUT2D eigenvalue weighted by Gasteiger charge is 2.12. The van der Waals surface area contributed by atoms with Gasteiger partial charge >= 0.3 is 0 Å². The van der Waals surface area contributed by atoms with Crippen molar-refractivity contribution < 1.29 is 8.81 Å². The zero-order valence-corrected chi connectivity index (χ0v) is 8.77. The molecule has 84 valence electrons. The van der Waals surface area contributed by atoms with E-state index in [1.807, 2.05) is 7.05 Å². The van der Waals surface area contributed by atoms with Gasteiger partial charge in [-0.2, -0.15) is 0 Å². The van der Waals surface area contributed by atoms with Crippen LogP contribution < -0.4 is 5.32 Å². The monoisotopic (exact) mass is 222 g/mol. The second-order valence-corrected chi connectivity index (χ2v) is 3.21. The second-order valence-electron chi connectivity index (χ2n) is 3.21. The summed E-state index contributed by atoms with van der Waals surface area (Å²) in [6.45, 7) is 0.737. The Hall–Kier alpha value is -1.82. The van der Waals surface area contributed by atoms with E-state index in [0.717, 1.165) is 12.7 Å². The van der Waals surface area contributed by atoms with Crippen LogP contribution in [0.2, 0.25) is 0 Å². The molecule has 6 heteroatoms. The number of nitrogens with one attached hydrogen (secondary N) is 1. The van der Waals surface area contributed by atoms with Crippen molar-refractivity contribution in [3.8, 4) is 11.5 Å². The van der Waals surface area contributed by atoms with E-state index in [1.54, 1.807) is 0 Å². The molecule has 0 aromatic carbocycles. The Kier molecular flexibility index (Phi) is 3.21. The maximum absolute atomic E-state index is 13.3. The highest BCUT2D eigenvalue weighted by Crippen LogP contribution is 2.19. The summed E-state index contributed by atoms with van der Waals surface area (Å²) >= 11 is 0. The lowest BCUT2D eigenvalue weighted by Gasteiger charge is -1.95. The van der Waals surface area contributed by atoms with Crippen LogP contribution in [-0.4, -0.2) is 28.8 Å². The molecule has 0 aliphatic carbocycles. The molecule has 16 heavy (non-hydrogen) atoms. The van der Waals surface area contributed by atoms with E-state index in [9.17, 15) is 4.39 Å². The lowest BCUT2D eigenvalue weighted by Crippen LogP contribution is -2.10. The van der Waals surface area contributed by atoms with E-state index < -0.39 is 5.82 Å². The molecule has 5 nitrogen and oxygen atoms in total. The van der Waals surface area contributed by atoms with Crippen LogP contribution in [0, 0.1) is 5.82 Å². The minimum atomic E-state index is -0.466. The van der Waals surface area contributed by atoms with Crippen LogP contribution in [0.25, 0.3) is 11.5 Å². The molecule has 0 spiro atoms. The van der Waals surface area contributed by atoms with Crippen molar-refractivity contribution in [2.24, 2.45) is 0 Å². The fourth-order valence-electron chi connectivity index (χ4n) is 1.24. The zero-order valence-electron chi connectivity index (χ0n) is 8.77. The Bertz CT molecular complexity index is 471. The van der Waals surface area contributed by atoms with E-state index >= 15 is 0 Å². The highest BCUT2D eigenvalue weighted by molar-refractivity contribution is 5.51. The van der Waals surface area contributed by atoms with Crippen LogP contribution in [0.4, 0.5) is 4.39 Å². The summed E-state index contributed by atoms with van der Waals surface area (Å²) in [6, 6.07) is 1.50. The molecular formula is C10H11FN4O. The molecule has 0 radical (unpaired) electrons. The van der Waals surface area contributed by atoms with E-state index in [1.165, 1.54) is 12.3 Å². The second kappa shape index (κ2) is 4.80. The molecule has 0 fully saturated rings. The van der Waals surface area contributed by atoms with Gasteiger partial charge in [-0.25, -0.2) is 4.39 Å². The van der Waals surface area contributed by atoms with Crippen molar-refractivity contribution in [2.75, 3.05) is 13.6 Å². The smallest absolute Gasteiger partial charge is 0.250 e. The standard InChI is InChI=1S/C10H11FN4O/c1-12-4-3-9-14-15-10(16-9)7-2-5-13-6-8(7)11/h2,5-6,12H,3-4H2,1H3. The number of likely N-dealkylation sites (N-methyl/N-ethyl adjacent to an activating group) is 1. The Morgan fingerprint density at radius 3 is 3.06 bits per heavy atom. The third-order valence-electron chi connectivity index (χ3n) is 2.06. The first-order valence-corrected chi connectivity index (χ1v) is 4.88. The largest absolute Gasteiger partial charge is 0.421 e. The average molecular weight is 222 g/mol. The minimum absolute atomic E-state index is 0.186. The summed E-state index contributed by atoms with van der Waals surface area (Å²) in [5.74, 6) is 0.206. The zero-order chi connectivity index (χ0) is 11.4. The predicted octanol–water partition coefficient (Wildman–Crippen LogP) is 1.03. The van der Waals surface area contributed by atoms with E-state index in [4.69, 9.17) is 4.42 Å². The average Bonchev–Trinajstić information content (AvgIpc) is 2.75. The predicted molar refractivity (Wildman–Crippen MR) is 55.1 cm³/mol. The molecule has 0 aliphatic heterocycles. The Balaban J connectivity index is 2.22. The molecule has 0 bridgehead atoms. The van der Waals surface area contributed by atoms with E-state index in [2.05, 4.69) is 20.5 Å². The summed E-state index contributed by atoms with van der Waals surface area (Å²) in [7, 11) is 1.83. The molecule has 0 atom stereocenters. The Morgan fingerprint density at radius 2 is 2.31 bits per heavy atom. The van der Waals surface area contributed by atoms with Gasteiger partial charge in [0.25, 0.3) is 5.89 Å². The summed E-state index contributed by atoms with van der Waals surface area (Å²) < 4.78 is 18.7. The molecule has 2 rings (SSSR count). The van der Waals surface area contributed by atoms with Gasteiger partial charge in [-0.3, -0.25) is 4.98 Å². The molecule has 1 N–H and O–H groups in total. The minimum Gasteiger partial charge on any atom is -0.421 e. The number of aromatic nitrogens is 3. The quantitative estimate of drug-likeness (QED) is 0.837. The van der Waals surface area contributed by atoms with Crippen molar-refractivity contribution in [2.45, 2.75) is 6.42 Å². The van der Waals surface area contributed by atoms with Gasteiger partial charge in [0.05, 0.1) is 11.8 Å². The normalized spacial score (nSPS) is 10.6. The first kappa shape index (κ1) is 10.7. The van der Waals surface area contributed by atoms with Gasteiger partial charge < -0.3 is 9.73 Å². The van der Waals surface area contributed by atoms with Gasteiger partial charge in [0.1, 0.15) is 0 Å². The van der Waals surface area contributed by atoms with Crippen molar-refractivity contribution >= 4 is 0 Å². The molecule has 0 aliphatic rings. The number of rotatable bonds is 4. The highest BCUT2D eigenvalue weighted by atomic mass is 19.1. The van der Waals surface area contributed by atoms with Gasteiger partial charge in [0.2, 0.25) is 5.89 Å². The van der Waals surface area contributed by atoms with Crippen LogP contribution in [0.3, 0.4) is 0 Å². The first-order valence-electron chi connectivity index (χ1n) is 4.88. The molecular weight excluding hydrogens is 211 g/mol. The topological polar surface area (TPSA) is 63.8 Å². The third-order valence-corrected chi connectivity index (χ3v) is 2.06. The summed E-state index contributed by atoms with van der Waals surface area (Å²) in [5, 5.41) is 10.6. The molecule has 0 amide bonds. The van der Waals surface area contributed by atoms with Crippen LogP contribution in [0.1, 0.15) is 5.89 Å². The Labute approximate surface area is 91.7 Å². The van der Waals surface area contributed by atoms with Crippen LogP contribution >= 0.6 is 0 Å². The van der Waals surface area contributed by atoms with Crippen molar-refractivity contribution in [3.63, 3.8) is 0 Å². The fraction of sp³-hybridized carbons (Fsp3) is 0.300. The van der Waals surface area contributed by atoms with Gasteiger partial charge in [0.15, 0.2) is 5.82 Å². The molecule has 0 saturated heterocycles. The molecule has 2 aromatic rings. The number of pyridine rings is 1. The molecule has 0 saturated carbocycles. The molecule has 0 unspecified atom stereocenters. The maximum Gasteiger partial charge on any atom is 0.250 e. The summed E-state index contributed by atoms with van der Waals surface area (Å²) in [6.07, 6.45) is 3.22. The lowest BCUT2D eigenvalue weighted by molar-refractivity contribution is 0.496. The summed E-state index contributed by atoms with van der Waals surface area (Å²) in [5.41, 5.74) is 0.276. The number of nitrogens with zero attached hydrogens (tertiary/aromatic N) is 3. The van der Waals surface area contributed by atoms with Crippen molar-refractivity contribution in [3.05, 3.63) is 30.2 Å². The van der Waals surface area contributed by atoms with Crippen molar-refractivity contribution in [1.82, 2.24) is 20.5 Å². The van der Waals surface area contributed by atoms with Crippen molar-refractivity contribution in [1.29, 1.82) is 0 Å². The summed E-state index contributed by atoms with van der Waals surface area (Å²) in [4.78, 5) is 3.65. The lowest BCUT2D eigenvalue weighted by atomic mass is 10.2.